The molecule has 0 aliphatic carbocycles. The summed E-state index contributed by atoms with van der Waals surface area (Å²) in [5.74, 6) is -0.794. The van der Waals surface area contributed by atoms with Crippen LogP contribution in [-0.2, 0) is 16.0 Å². The van der Waals surface area contributed by atoms with Gasteiger partial charge in [-0.25, -0.2) is 8.78 Å². The SMILES string of the molecule is CCOC(=O)Cc1ncc(Cl)c(OC)c1C(F)F. The first kappa shape index (κ1) is 14.6. The highest BCUT2D eigenvalue weighted by molar-refractivity contribution is 6.32. The van der Waals surface area contributed by atoms with Gasteiger partial charge in [-0.2, -0.15) is 0 Å². The third-order valence-electron chi connectivity index (χ3n) is 2.15. The van der Waals surface area contributed by atoms with E-state index < -0.39 is 18.0 Å². The van der Waals surface area contributed by atoms with Gasteiger partial charge in [0.05, 0.1) is 31.4 Å². The molecule has 0 fully saturated rings. The number of aromatic nitrogens is 1. The smallest absolute Gasteiger partial charge is 0.311 e. The molecule has 0 radical (unpaired) electrons. The molecule has 0 saturated heterocycles. The van der Waals surface area contributed by atoms with Gasteiger partial charge in [-0.3, -0.25) is 9.78 Å². The van der Waals surface area contributed by atoms with Crippen LogP contribution in [0.15, 0.2) is 6.20 Å². The summed E-state index contributed by atoms with van der Waals surface area (Å²) in [5.41, 5.74) is -0.567. The lowest BCUT2D eigenvalue weighted by atomic mass is 10.1. The topological polar surface area (TPSA) is 48.4 Å². The highest BCUT2D eigenvalue weighted by Crippen LogP contribution is 2.36. The molecule has 18 heavy (non-hydrogen) atoms. The zero-order chi connectivity index (χ0) is 13.7. The maximum atomic E-state index is 13.0. The first-order valence-electron chi connectivity index (χ1n) is 5.16. The van der Waals surface area contributed by atoms with E-state index in [1.54, 1.807) is 6.92 Å². The summed E-state index contributed by atoms with van der Waals surface area (Å²) in [7, 11) is 1.22. The Morgan fingerprint density at radius 3 is 2.72 bits per heavy atom. The largest absolute Gasteiger partial charge is 0.495 e. The van der Waals surface area contributed by atoms with Gasteiger partial charge in [-0.1, -0.05) is 11.6 Å². The lowest BCUT2D eigenvalue weighted by molar-refractivity contribution is -0.142. The number of hydrogen-bond donors (Lipinski definition) is 0. The number of rotatable bonds is 5. The molecular weight excluding hydrogens is 268 g/mol. The molecule has 0 saturated carbocycles. The first-order valence-corrected chi connectivity index (χ1v) is 5.54. The van der Waals surface area contributed by atoms with Crippen molar-refractivity contribution in [2.45, 2.75) is 19.8 Å². The highest BCUT2D eigenvalue weighted by Gasteiger charge is 2.24. The Balaban J connectivity index is 3.15. The van der Waals surface area contributed by atoms with Crippen molar-refractivity contribution < 1.29 is 23.0 Å². The number of nitrogens with zero attached hydrogens (tertiary/aromatic N) is 1. The number of halogens is 3. The third-order valence-corrected chi connectivity index (χ3v) is 2.41. The molecule has 1 rings (SSSR count). The summed E-state index contributed by atoms with van der Waals surface area (Å²) >= 11 is 5.71. The second-order valence-electron chi connectivity index (χ2n) is 3.28. The van der Waals surface area contributed by atoms with E-state index in [1.165, 1.54) is 13.3 Å². The fraction of sp³-hybridized carbons (Fsp3) is 0.455. The average molecular weight is 280 g/mol. The average Bonchev–Trinajstić information content (AvgIpc) is 2.30. The summed E-state index contributed by atoms with van der Waals surface area (Å²) in [4.78, 5) is 15.0. The molecule has 0 aliphatic rings. The second kappa shape index (κ2) is 6.49. The third kappa shape index (κ3) is 3.29. The van der Waals surface area contributed by atoms with Gasteiger partial charge in [-0.15, -0.1) is 0 Å². The van der Waals surface area contributed by atoms with Crippen molar-refractivity contribution in [2.24, 2.45) is 0 Å². The van der Waals surface area contributed by atoms with E-state index in [4.69, 9.17) is 16.3 Å². The van der Waals surface area contributed by atoms with E-state index in [2.05, 4.69) is 9.72 Å². The second-order valence-corrected chi connectivity index (χ2v) is 3.69. The van der Waals surface area contributed by atoms with Crippen molar-refractivity contribution in [1.82, 2.24) is 4.98 Å². The van der Waals surface area contributed by atoms with Crippen LogP contribution in [0.25, 0.3) is 0 Å². The van der Waals surface area contributed by atoms with E-state index in [0.29, 0.717) is 0 Å². The highest BCUT2D eigenvalue weighted by atomic mass is 35.5. The van der Waals surface area contributed by atoms with Crippen LogP contribution in [-0.4, -0.2) is 24.7 Å². The standard InChI is InChI=1S/C11H12ClF2NO3/c1-3-18-8(16)4-7-9(11(13)14)10(17-2)6(12)5-15-7/h5,11H,3-4H2,1-2H3. The van der Waals surface area contributed by atoms with Crippen LogP contribution in [0.5, 0.6) is 5.75 Å². The normalized spacial score (nSPS) is 10.6. The van der Waals surface area contributed by atoms with Crippen molar-refractivity contribution in [3.63, 3.8) is 0 Å². The number of pyridine rings is 1. The van der Waals surface area contributed by atoms with E-state index in [9.17, 15) is 13.6 Å². The minimum atomic E-state index is -2.84. The number of methoxy groups -OCH3 is 1. The summed E-state index contributed by atoms with van der Waals surface area (Å²) in [5, 5.41) is -0.0274. The minimum Gasteiger partial charge on any atom is -0.495 e. The summed E-state index contributed by atoms with van der Waals surface area (Å²) in [6.45, 7) is 1.80. The Kier molecular flexibility index (Phi) is 5.27. The molecule has 0 aliphatic heterocycles. The van der Waals surface area contributed by atoms with Gasteiger partial charge < -0.3 is 9.47 Å². The maximum absolute atomic E-state index is 13.0. The van der Waals surface area contributed by atoms with Crippen LogP contribution in [0.1, 0.15) is 24.6 Å². The van der Waals surface area contributed by atoms with E-state index in [0.717, 1.165) is 0 Å². The van der Waals surface area contributed by atoms with Crippen LogP contribution in [0.3, 0.4) is 0 Å². The lowest BCUT2D eigenvalue weighted by Gasteiger charge is -2.13. The van der Waals surface area contributed by atoms with E-state index in [-0.39, 0.29) is 29.5 Å². The molecule has 0 amide bonds. The van der Waals surface area contributed by atoms with Crippen LogP contribution in [0.2, 0.25) is 5.02 Å². The zero-order valence-corrected chi connectivity index (χ0v) is 10.6. The van der Waals surface area contributed by atoms with Gasteiger partial charge in [-0.05, 0) is 6.92 Å². The summed E-state index contributed by atoms with van der Waals surface area (Å²) < 4.78 is 35.4. The van der Waals surface area contributed by atoms with Gasteiger partial charge in [0.1, 0.15) is 10.8 Å². The van der Waals surface area contributed by atoms with Gasteiger partial charge >= 0.3 is 5.97 Å². The van der Waals surface area contributed by atoms with Gasteiger partial charge in [0.15, 0.2) is 0 Å². The predicted molar refractivity (Wildman–Crippen MR) is 61.1 cm³/mol. The lowest BCUT2D eigenvalue weighted by Crippen LogP contribution is -2.12. The van der Waals surface area contributed by atoms with Crippen LogP contribution in [0.4, 0.5) is 8.78 Å². The van der Waals surface area contributed by atoms with E-state index >= 15 is 0 Å². The number of esters is 1. The number of carbonyl (C=O) groups excluding carboxylic acids is 1. The molecule has 1 aromatic rings. The summed E-state index contributed by atoms with van der Waals surface area (Å²) in [6, 6.07) is 0. The minimum absolute atomic E-state index is 0.0274. The van der Waals surface area contributed by atoms with Crippen molar-refractivity contribution in [3.05, 3.63) is 22.5 Å². The van der Waals surface area contributed by atoms with Crippen molar-refractivity contribution in [2.75, 3.05) is 13.7 Å². The van der Waals surface area contributed by atoms with Crippen molar-refractivity contribution >= 4 is 17.6 Å². The zero-order valence-electron chi connectivity index (χ0n) is 9.87. The quantitative estimate of drug-likeness (QED) is 0.778. The van der Waals surface area contributed by atoms with Gasteiger partial charge in [0.25, 0.3) is 6.43 Å². The molecule has 4 nitrogen and oxygen atoms in total. The van der Waals surface area contributed by atoms with Crippen molar-refractivity contribution in [3.8, 4) is 5.75 Å². The predicted octanol–water partition coefficient (Wildman–Crippen LogP) is 2.79. The Hall–Kier alpha value is -1.43. The van der Waals surface area contributed by atoms with Gasteiger partial charge in [0.2, 0.25) is 0 Å². The Morgan fingerprint density at radius 1 is 1.56 bits per heavy atom. The molecule has 1 heterocycles. The Labute approximate surface area is 108 Å². The number of carbonyl (C=O) groups is 1. The molecule has 0 bridgehead atoms. The molecule has 0 spiro atoms. The summed E-state index contributed by atoms with van der Waals surface area (Å²) in [6.07, 6.45) is -2.02. The van der Waals surface area contributed by atoms with E-state index in [1.807, 2.05) is 0 Å². The Morgan fingerprint density at radius 2 is 2.22 bits per heavy atom. The molecule has 1 aromatic heterocycles. The van der Waals surface area contributed by atoms with Crippen LogP contribution in [0, 0.1) is 0 Å². The van der Waals surface area contributed by atoms with Crippen molar-refractivity contribution in [1.29, 1.82) is 0 Å². The first-order chi connectivity index (χ1) is 8.51. The number of hydrogen-bond acceptors (Lipinski definition) is 4. The molecule has 100 valence electrons. The van der Waals surface area contributed by atoms with Crippen LogP contribution < -0.4 is 4.74 Å². The Bertz CT molecular complexity index is 441. The number of ether oxygens (including phenoxy) is 2. The molecule has 0 atom stereocenters. The number of alkyl halides is 2. The fourth-order valence-electron chi connectivity index (χ4n) is 1.44. The monoisotopic (exact) mass is 279 g/mol. The van der Waals surface area contributed by atoms with Crippen LogP contribution >= 0.6 is 11.6 Å². The molecule has 0 aromatic carbocycles. The molecular formula is C11H12ClF2NO3. The molecule has 0 unspecified atom stereocenters. The molecule has 7 heteroatoms. The van der Waals surface area contributed by atoms with Gasteiger partial charge in [0, 0.05) is 6.20 Å². The fourth-order valence-corrected chi connectivity index (χ4v) is 1.67. The molecule has 0 N–H and O–H groups in total. The maximum Gasteiger partial charge on any atom is 0.311 e.